The minimum atomic E-state index is -0.251. The summed E-state index contributed by atoms with van der Waals surface area (Å²) in [5.41, 5.74) is 4.53. The number of hydrogen-bond donors (Lipinski definition) is 2. The van der Waals surface area contributed by atoms with E-state index in [4.69, 9.17) is 4.74 Å². The van der Waals surface area contributed by atoms with E-state index < -0.39 is 0 Å². The quantitative estimate of drug-likeness (QED) is 0.440. The Balaban J connectivity index is 1.29. The summed E-state index contributed by atoms with van der Waals surface area (Å²) < 4.78 is 5.21. The van der Waals surface area contributed by atoms with Crippen molar-refractivity contribution in [3.05, 3.63) is 71.4 Å². The van der Waals surface area contributed by atoms with Gasteiger partial charge >= 0.3 is 5.97 Å². The summed E-state index contributed by atoms with van der Waals surface area (Å²) in [6.07, 6.45) is 4.02. The first-order valence-corrected chi connectivity index (χ1v) is 9.64. The molecule has 0 unspecified atom stereocenters. The van der Waals surface area contributed by atoms with Crippen molar-refractivity contribution in [2.24, 2.45) is 0 Å². The third-order valence-electron chi connectivity index (χ3n) is 4.72. The Bertz CT molecular complexity index is 928. The van der Waals surface area contributed by atoms with E-state index in [-0.39, 0.29) is 18.5 Å². The summed E-state index contributed by atoms with van der Waals surface area (Å²) in [6.45, 7) is 2.58. The molecule has 0 aliphatic rings. The van der Waals surface area contributed by atoms with Crippen molar-refractivity contribution in [2.75, 3.05) is 13.2 Å². The average molecular weight is 378 g/mol. The van der Waals surface area contributed by atoms with Gasteiger partial charge in [0.15, 0.2) is 0 Å². The highest BCUT2D eigenvalue weighted by Gasteiger charge is 2.08. The van der Waals surface area contributed by atoms with Crippen molar-refractivity contribution < 1.29 is 14.3 Å². The van der Waals surface area contributed by atoms with Crippen LogP contribution in [0.2, 0.25) is 0 Å². The molecule has 5 nitrogen and oxygen atoms in total. The number of aromatic nitrogens is 1. The zero-order chi connectivity index (χ0) is 19.8. The Morgan fingerprint density at radius 2 is 1.79 bits per heavy atom. The first-order chi connectivity index (χ1) is 13.6. The molecule has 0 radical (unpaired) electrons. The Labute approximate surface area is 165 Å². The molecule has 0 saturated heterocycles. The lowest BCUT2D eigenvalue weighted by Gasteiger charge is -2.07. The fraction of sp³-hybridized carbons (Fsp3) is 0.304. The maximum atomic E-state index is 11.9. The molecular weight excluding hydrogens is 352 g/mol. The van der Waals surface area contributed by atoms with Gasteiger partial charge in [-0.25, -0.2) is 0 Å². The van der Waals surface area contributed by atoms with Crippen LogP contribution in [-0.2, 0) is 27.2 Å². The molecule has 0 atom stereocenters. The summed E-state index contributed by atoms with van der Waals surface area (Å²) >= 11 is 0. The van der Waals surface area contributed by atoms with Gasteiger partial charge in [-0.05, 0) is 37.0 Å². The standard InChI is InChI=1S/C23H26N2O3/c1-17-6-8-18(9-7-17)10-12-22(26)24-14-15-28-23(27)13-11-19-16-25-21-5-3-2-4-20(19)21/h2-9,16,25H,10-15H2,1H3,(H,24,26). The van der Waals surface area contributed by atoms with E-state index in [2.05, 4.69) is 10.3 Å². The normalized spacial score (nSPS) is 10.8. The van der Waals surface area contributed by atoms with Crippen LogP contribution in [0, 0.1) is 6.92 Å². The Hall–Kier alpha value is -3.08. The lowest BCUT2D eigenvalue weighted by atomic mass is 10.1. The summed E-state index contributed by atoms with van der Waals surface area (Å²) in [4.78, 5) is 27.0. The monoisotopic (exact) mass is 378 g/mol. The van der Waals surface area contributed by atoms with Crippen LogP contribution in [0.15, 0.2) is 54.7 Å². The van der Waals surface area contributed by atoms with E-state index in [0.717, 1.165) is 22.0 Å². The summed E-state index contributed by atoms with van der Waals surface area (Å²) in [5, 5.41) is 3.93. The van der Waals surface area contributed by atoms with Crippen LogP contribution in [0.25, 0.3) is 10.9 Å². The van der Waals surface area contributed by atoms with Gasteiger partial charge in [0.1, 0.15) is 6.61 Å². The number of amides is 1. The zero-order valence-electron chi connectivity index (χ0n) is 16.2. The van der Waals surface area contributed by atoms with Gasteiger partial charge in [0, 0.05) is 29.9 Å². The molecule has 1 amide bonds. The molecule has 5 heteroatoms. The van der Waals surface area contributed by atoms with E-state index in [0.29, 0.717) is 32.2 Å². The smallest absolute Gasteiger partial charge is 0.306 e. The molecule has 0 saturated carbocycles. The van der Waals surface area contributed by atoms with Gasteiger partial charge in [-0.2, -0.15) is 0 Å². The fourth-order valence-electron chi connectivity index (χ4n) is 3.10. The molecule has 3 aromatic rings. The molecule has 0 spiro atoms. The Morgan fingerprint density at radius 3 is 2.61 bits per heavy atom. The predicted octanol–water partition coefficient (Wildman–Crippen LogP) is 3.70. The minimum absolute atomic E-state index is 0.0320. The number of carbonyl (C=O) groups excluding carboxylic acids is 2. The van der Waals surface area contributed by atoms with Crippen LogP contribution < -0.4 is 5.32 Å². The van der Waals surface area contributed by atoms with Gasteiger partial charge < -0.3 is 15.0 Å². The molecule has 0 fully saturated rings. The highest BCUT2D eigenvalue weighted by atomic mass is 16.5. The average Bonchev–Trinajstić information content (AvgIpc) is 3.12. The van der Waals surface area contributed by atoms with E-state index in [1.54, 1.807) is 0 Å². The second kappa shape index (κ2) is 9.74. The lowest BCUT2D eigenvalue weighted by Crippen LogP contribution is -2.28. The second-order valence-corrected chi connectivity index (χ2v) is 6.92. The summed E-state index contributed by atoms with van der Waals surface area (Å²) in [7, 11) is 0. The molecule has 0 aliphatic heterocycles. The number of carbonyl (C=O) groups is 2. The number of rotatable bonds is 9. The summed E-state index contributed by atoms with van der Waals surface area (Å²) in [6, 6.07) is 16.2. The van der Waals surface area contributed by atoms with Gasteiger partial charge in [-0.1, -0.05) is 48.0 Å². The van der Waals surface area contributed by atoms with Crippen LogP contribution in [-0.4, -0.2) is 30.0 Å². The fourth-order valence-corrected chi connectivity index (χ4v) is 3.10. The second-order valence-electron chi connectivity index (χ2n) is 6.92. The Kier molecular flexibility index (Phi) is 6.84. The molecule has 0 aliphatic carbocycles. The van der Waals surface area contributed by atoms with Crippen LogP contribution in [0.4, 0.5) is 0 Å². The number of benzene rings is 2. The van der Waals surface area contributed by atoms with Gasteiger partial charge in [-0.15, -0.1) is 0 Å². The van der Waals surface area contributed by atoms with Gasteiger partial charge in [0.25, 0.3) is 0 Å². The first-order valence-electron chi connectivity index (χ1n) is 9.64. The van der Waals surface area contributed by atoms with Crippen LogP contribution >= 0.6 is 0 Å². The lowest BCUT2D eigenvalue weighted by molar-refractivity contribution is -0.143. The van der Waals surface area contributed by atoms with E-state index in [1.165, 1.54) is 5.56 Å². The predicted molar refractivity (Wildman–Crippen MR) is 110 cm³/mol. The number of esters is 1. The number of hydrogen-bond acceptors (Lipinski definition) is 3. The largest absolute Gasteiger partial charge is 0.464 e. The van der Waals surface area contributed by atoms with Crippen LogP contribution in [0.3, 0.4) is 0 Å². The van der Waals surface area contributed by atoms with Crippen molar-refractivity contribution in [1.82, 2.24) is 10.3 Å². The molecule has 0 bridgehead atoms. The highest BCUT2D eigenvalue weighted by molar-refractivity contribution is 5.83. The molecule has 1 heterocycles. The third-order valence-corrected chi connectivity index (χ3v) is 4.72. The van der Waals surface area contributed by atoms with Crippen molar-refractivity contribution in [3.8, 4) is 0 Å². The van der Waals surface area contributed by atoms with Crippen LogP contribution in [0.5, 0.6) is 0 Å². The zero-order valence-corrected chi connectivity index (χ0v) is 16.2. The SMILES string of the molecule is Cc1ccc(CCC(=O)NCCOC(=O)CCc2c[nH]c3ccccc23)cc1. The van der Waals surface area contributed by atoms with E-state index >= 15 is 0 Å². The molecule has 3 rings (SSSR count). The van der Waals surface area contributed by atoms with Gasteiger partial charge in [0.05, 0.1) is 6.54 Å². The van der Waals surface area contributed by atoms with Crippen molar-refractivity contribution in [2.45, 2.75) is 32.6 Å². The number of ether oxygens (including phenoxy) is 1. The van der Waals surface area contributed by atoms with Crippen molar-refractivity contribution >= 4 is 22.8 Å². The Morgan fingerprint density at radius 1 is 1.00 bits per heavy atom. The highest BCUT2D eigenvalue weighted by Crippen LogP contribution is 2.19. The minimum Gasteiger partial charge on any atom is -0.464 e. The summed E-state index contributed by atoms with van der Waals surface area (Å²) in [5.74, 6) is -0.283. The number of aryl methyl sites for hydroxylation is 3. The number of para-hydroxylation sites is 1. The van der Waals surface area contributed by atoms with E-state index in [9.17, 15) is 9.59 Å². The number of fused-ring (bicyclic) bond motifs is 1. The molecule has 28 heavy (non-hydrogen) atoms. The van der Waals surface area contributed by atoms with Crippen LogP contribution in [0.1, 0.15) is 29.5 Å². The topological polar surface area (TPSA) is 71.2 Å². The van der Waals surface area contributed by atoms with Crippen molar-refractivity contribution in [1.29, 1.82) is 0 Å². The van der Waals surface area contributed by atoms with E-state index in [1.807, 2.05) is 61.7 Å². The number of aromatic amines is 1. The molecule has 2 aromatic carbocycles. The first kappa shape index (κ1) is 19.7. The maximum absolute atomic E-state index is 11.9. The molecular formula is C23H26N2O3. The molecule has 2 N–H and O–H groups in total. The molecule has 1 aromatic heterocycles. The number of nitrogens with one attached hydrogen (secondary N) is 2. The van der Waals surface area contributed by atoms with Gasteiger partial charge in [-0.3, -0.25) is 9.59 Å². The van der Waals surface area contributed by atoms with Gasteiger partial charge in [0.2, 0.25) is 5.91 Å². The van der Waals surface area contributed by atoms with Crippen molar-refractivity contribution in [3.63, 3.8) is 0 Å². The third kappa shape index (κ3) is 5.71. The molecule has 146 valence electrons. The number of H-pyrrole nitrogens is 1. The maximum Gasteiger partial charge on any atom is 0.306 e.